The lowest BCUT2D eigenvalue weighted by Gasteiger charge is -2.31. The highest BCUT2D eigenvalue weighted by atomic mass is 32.2. The van der Waals surface area contributed by atoms with E-state index in [4.69, 9.17) is 4.74 Å². The Morgan fingerprint density at radius 1 is 1.00 bits per heavy atom. The number of rotatable bonds is 8. The molecule has 0 aromatic heterocycles. The van der Waals surface area contributed by atoms with Crippen molar-refractivity contribution in [3.8, 4) is 0 Å². The Hall–Kier alpha value is -1.73. The van der Waals surface area contributed by atoms with E-state index in [-0.39, 0.29) is 6.04 Å². The largest absolute Gasteiger partial charge is 0.379 e. The van der Waals surface area contributed by atoms with Crippen LogP contribution in [0.4, 0.5) is 0 Å². The molecule has 0 unspecified atom stereocenters. The second-order valence-corrected chi connectivity index (χ2v) is 9.09. The molecule has 0 bridgehead atoms. The Labute approximate surface area is 168 Å². The Balaban J connectivity index is 1.80. The van der Waals surface area contributed by atoms with Gasteiger partial charge in [-0.3, -0.25) is 4.90 Å². The zero-order valence-corrected chi connectivity index (χ0v) is 17.5. The number of sulfonamides is 1. The zero-order valence-electron chi connectivity index (χ0n) is 16.7. The molecule has 28 heavy (non-hydrogen) atoms. The summed E-state index contributed by atoms with van der Waals surface area (Å²) in [5.41, 5.74) is 2.13. The molecule has 1 heterocycles. The third-order valence-electron chi connectivity index (χ3n) is 5.42. The lowest BCUT2D eigenvalue weighted by atomic mass is 9.99. The Morgan fingerprint density at radius 3 is 2.25 bits per heavy atom. The topological polar surface area (TPSA) is 58.6 Å². The molecule has 2 aromatic carbocycles. The Morgan fingerprint density at radius 2 is 1.64 bits per heavy atom. The van der Waals surface area contributed by atoms with Crippen LogP contribution < -0.4 is 4.72 Å². The molecule has 152 valence electrons. The lowest BCUT2D eigenvalue weighted by Crippen LogP contribution is -2.43. The first kappa shape index (κ1) is 21.0. The number of nitrogens with zero attached hydrogens (tertiary/aromatic N) is 1. The lowest BCUT2D eigenvalue weighted by molar-refractivity contribution is 0.0345. The van der Waals surface area contributed by atoms with Gasteiger partial charge in [0.05, 0.1) is 24.2 Å². The van der Waals surface area contributed by atoms with Crippen molar-refractivity contribution in [3.63, 3.8) is 0 Å². The van der Waals surface area contributed by atoms with Crippen molar-refractivity contribution in [1.82, 2.24) is 9.62 Å². The molecule has 0 amide bonds. The molecule has 0 saturated carbocycles. The average molecular weight is 403 g/mol. The number of benzene rings is 2. The number of hydrogen-bond donors (Lipinski definition) is 1. The molecule has 0 radical (unpaired) electrons. The minimum atomic E-state index is -3.62. The predicted molar refractivity (Wildman–Crippen MR) is 112 cm³/mol. The summed E-state index contributed by atoms with van der Waals surface area (Å²) in [6.45, 7) is 7.90. The van der Waals surface area contributed by atoms with Gasteiger partial charge in [0, 0.05) is 19.6 Å². The summed E-state index contributed by atoms with van der Waals surface area (Å²) in [5, 5.41) is 0. The molecule has 0 spiro atoms. The van der Waals surface area contributed by atoms with Gasteiger partial charge in [-0.15, -0.1) is 0 Å². The van der Waals surface area contributed by atoms with Crippen molar-refractivity contribution in [2.24, 2.45) is 0 Å². The fourth-order valence-electron chi connectivity index (χ4n) is 3.40. The van der Waals surface area contributed by atoms with E-state index in [1.807, 2.05) is 42.5 Å². The molecule has 3 rings (SSSR count). The molecule has 1 fully saturated rings. The summed E-state index contributed by atoms with van der Waals surface area (Å²) in [4.78, 5) is 2.55. The van der Waals surface area contributed by atoms with Gasteiger partial charge in [-0.1, -0.05) is 56.3 Å². The van der Waals surface area contributed by atoms with E-state index < -0.39 is 10.0 Å². The molecule has 2 atom stereocenters. The van der Waals surface area contributed by atoms with Crippen molar-refractivity contribution in [2.45, 2.75) is 37.1 Å². The van der Waals surface area contributed by atoms with Crippen LogP contribution in [0.1, 0.15) is 43.4 Å². The maximum Gasteiger partial charge on any atom is 0.241 e. The van der Waals surface area contributed by atoms with Gasteiger partial charge in [0.1, 0.15) is 0 Å². The van der Waals surface area contributed by atoms with Gasteiger partial charge in [0.2, 0.25) is 10.0 Å². The van der Waals surface area contributed by atoms with E-state index in [2.05, 4.69) is 23.5 Å². The smallest absolute Gasteiger partial charge is 0.241 e. The monoisotopic (exact) mass is 402 g/mol. The maximum absolute atomic E-state index is 13.1. The van der Waals surface area contributed by atoms with Gasteiger partial charge in [-0.05, 0) is 35.6 Å². The second-order valence-electron chi connectivity index (χ2n) is 7.38. The molecule has 1 aliphatic rings. The van der Waals surface area contributed by atoms with Crippen LogP contribution in [0.3, 0.4) is 0 Å². The van der Waals surface area contributed by atoms with Crippen LogP contribution in [0, 0.1) is 0 Å². The summed E-state index contributed by atoms with van der Waals surface area (Å²) < 4.78 is 34.5. The zero-order chi connectivity index (χ0) is 20.0. The minimum Gasteiger partial charge on any atom is -0.379 e. The van der Waals surface area contributed by atoms with Crippen LogP contribution in [-0.4, -0.2) is 46.2 Å². The van der Waals surface area contributed by atoms with E-state index >= 15 is 0 Å². The molecular formula is C22H30N2O3S. The molecule has 2 aromatic rings. The summed E-state index contributed by atoms with van der Waals surface area (Å²) in [7, 11) is -3.62. The van der Waals surface area contributed by atoms with Crippen LogP contribution in [0.5, 0.6) is 0 Å². The molecule has 5 nitrogen and oxygen atoms in total. The Kier molecular flexibility index (Phi) is 7.24. The van der Waals surface area contributed by atoms with Crippen LogP contribution in [0.2, 0.25) is 0 Å². The molecule has 0 aliphatic carbocycles. The Bertz CT molecular complexity index is 832. The van der Waals surface area contributed by atoms with E-state index in [9.17, 15) is 8.42 Å². The molecule has 1 N–H and O–H groups in total. The van der Waals surface area contributed by atoms with Gasteiger partial charge in [0.25, 0.3) is 0 Å². The standard InChI is InChI=1S/C22H30N2O3S/c1-3-18(2)19-9-11-21(12-10-19)28(25,26)23-22(20-7-5-4-6-8-20)17-24-13-15-27-16-14-24/h4-12,18,22-23H,3,13-17H2,1-2H3/t18-,22-/m0/s1. The molecule has 6 heteroatoms. The summed E-state index contributed by atoms with van der Waals surface area (Å²) >= 11 is 0. The van der Waals surface area contributed by atoms with Gasteiger partial charge in [-0.25, -0.2) is 13.1 Å². The van der Waals surface area contributed by atoms with Crippen molar-refractivity contribution >= 4 is 10.0 Å². The molecule has 1 saturated heterocycles. The van der Waals surface area contributed by atoms with Gasteiger partial charge in [0.15, 0.2) is 0 Å². The first-order chi connectivity index (χ1) is 13.5. The highest BCUT2D eigenvalue weighted by Gasteiger charge is 2.24. The van der Waals surface area contributed by atoms with Gasteiger partial charge in [-0.2, -0.15) is 0 Å². The van der Waals surface area contributed by atoms with E-state index in [1.54, 1.807) is 12.1 Å². The van der Waals surface area contributed by atoms with Crippen molar-refractivity contribution in [1.29, 1.82) is 0 Å². The van der Waals surface area contributed by atoms with Crippen LogP contribution >= 0.6 is 0 Å². The first-order valence-electron chi connectivity index (χ1n) is 9.97. The van der Waals surface area contributed by atoms with E-state index in [0.717, 1.165) is 30.6 Å². The van der Waals surface area contributed by atoms with Crippen LogP contribution in [0.25, 0.3) is 0 Å². The van der Waals surface area contributed by atoms with Gasteiger partial charge >= 0.3 is 0 Å². The van der Waals surface area contributed by atoms with Crippen molar-refractivity contribution in [2.75, 3.05) is 32.8 Å². The highest BCUT2D eigenvalue weighted by Crippen LogP contribution is 2.23. The molecular weight excluding hydrogens is 372 g/mol. The number of nitrogens with one attached hydrogen (secondary N) is 1. The van der Waals surface area contributed by atoms with Crippen molar-refractivity contribution in [3.05, 3.63) is 65.7 Å². The SMILES string of the molecule is CC[C@H](C)c1ccc(S(=O)(=O)N[C@@H](CN2CCOCC2)c2ccccc2)cc1. The normalized spacial score (nSPS) is 17.9. The molecule has 1 aliphatic heterocycles. The number of hydrogen-bond acceptors (Lipinski definition) is 4. The summed E-state index contributed by atoms with van der Waals surface area (Å²) in [6.07, 6.45) is 1.03. The maximum atomic E-state index is 13.1. The van der Waals surface area contributed by atoms with Crippen LogP contribution in [-0.2, 0) is 14.8 Å². The average Bonchev–Trinajstić information content (AvgIpc) is 2.74. The highest BCUT2D eigenvalue weighted by molar-refractivity contribution is 7.89. The third-order valence-corrected chi connectivity index (χ3v) is 6.90. The fraction of sp³-hybridized carbons (Fsp3) is 0.455. The quantitative estimate of drug-likeness (QED) is 0.734. The van der Waals surface area contributed by atoms with Crippen LogP contribution in [0.15, 0.2) is 59.5 Å². The second kappa shape index (κ2) is 9.65. The number of ether oxygens (including phenoxy) is 1. The predicted octanol–water partition coefficient (Wildman–Crippen LogP) is 3.55. The number of morpholine rings is 1. The fourth-order valence-corrected chi connectivity index (χ4v) is 4.62. The van der Waals surface area contributed by atoms with Crippen molar-refractivity contribution < 1.29 is 13.2 Å². The third kappa shape index (κ3) is 5.41. The summed E-state index contributed by atoms with van der Waals surface area (Å²) in [5.74, 6) is 0.420. The summed E-state index contributed by atoms with van der Waals surface area (Å²) in [6, 6.07) is 16.7. The first-order valence-corrected chi connectivity index (χ1v) is 11.4. The minimum absolute atomic E-state index is 0.307. The van der Waals surface area contributed by atoms with E-state index in [0.29, 0.717) is 30.6 Å². The van der Waals surface area contributed by atoms with Gasteiger partial charge < -0.3 is 4.74 Å². The van der Waals surface area contributed by atoms with E-state index in [1.165, 1.54) is 0 Å².